The van der Waals surface area contributed by atoms with E-state index in [0.29, 0.717) is 0 Å². The minimum absolute atomic E-state index is 0.845. The van der Waals surface area contributed by atoms with Crippen LogP contribution in [0.3, 0.4) is 0 Å². The number of hydrogen-bond donors (Lipinski definition) is 0. The van der Waals surface area contributed by atoms with Crippen LogP contribution >= 0.6 is 0 Å². The van der Waals surface area contributed by atoms with E-state index in [9.17, 15) is 3.54 Å². The molecule has 0 bridgehead atoms. The molecule has 0 unspecified atom stereocenters. The van der Waals surface area contributed by atoms with Crippen LogP contribution in [0.4, 0.5) is 0 Å². The van der Waals surface area contributed by atoms with E-state index in [1.165, 1.54) is 0 Å². The molecule has 7 heavy (non-hydrogen) atoms. The van der Waals surface area contributed by atoms with Crippen molar-refractivity contribution in [2.75, 3.05) is 0 Å². The first-order valence-electron chi connectivity index (χ1n) is 2.50. The maximum atomic E-state index is 9.91. The van der Waals surface area contributed by atoms with E-state index in [0.717, 1.165) is 11.4 Å². The first-order chi connectivity index (χ1) is 3.41. The summed E-state index contributed by atoms with van der Waals surface area (Å²) in [5.41, 5.74) is 0. The van der Waals surface area contributed by atoms with Gasteiger partial charge in [-0.1, -0.05) is 0 Å². The Morgan fingerprint density at radius 3 is 2.71 bits per heavy atom. The molecule has 0 radical (unpaired) electrons. The van der Waals surface area contributed by atoms with Gasteiger partial charge in [0, 0.05) is 0 Å². The molecule has 0 atom stereocenters. The van der Waals surface area contributed by atoms with E-state index in [1.54, 1.807) is 0 Å². The molecule has 0 amide bonds. The molecule has 0 rings (SSSR count). The summed E-state index contributed by atoms with van der Waals surface area (Å²) < 4.78 is 9.91. The summed E-state index contributed by atoms with van der Waals surface area (Å²) in [4.78, 5) is 0.845. The normalized spacial score (nSPS) is 9.29. The molecular weight excluding hydrogens is 146 g/mol. The van der Waals surface area contributed by atoms with E-state index in [1.807, 2.05) is 6.08 Å². The number of allylic oxidation sites excluding steroid dienone is 2. The summed E-state index contributed by atoms with van der Waals surface area (Å²) in [7, 11) is 0. The van der Waals surface area contributed by atoms with E-state index >= 15 is 0 Å². The Bertz CT molecular complexity index is 68.5. The zero-order valence-corrected chi connectivity index (χ0v) is 6.98. The van der Waals surface area contributed by atoms with Crippen molar-refractivity contribution in [2.24, 2.45) is 0 Å². The minimum atomic E-state index is -1.06. The second kappa shape index (κ2) is 6.18. The predicted molar refractivity (Wildman–Crippen MR) is 30.7 cm³/mol. The Morgan fingerprint density at radius 2 is 2.29 bits per heavy atom. The summed E-state index contributed by atoms with van der Waals surface area (Å²) >= 11 is -1.06. The molecule has 1 nitrogen and oxygen atoms in total. The summed E-state index contributed by atoms with van der Waals surface area (Å²) in [6.07, 6.45) is 5.11. The topological polar surface area (TPSA) is 17.1 Å². The van der Waals surface area contributed by atoms with Crippen molar-refractivity contribution >= 4 is 17.4 Å². The van der Waals surface area contributed by atoms with Crippen LogP contribution < -0.4 is 0 Å². The molecule has 0 aromatic rings. The molecule has 0 aromatic heterocycles. The zero-order valence-electron chi connectivity index (χ0n) is 4.55. The molecule has 0 N–H and O–H groups in total. The van der Waals surface area contributed by atoms with Crippen LogP contribution in [-0.4, -0.2) is 17.4 Å². The number of rotatable bonds is 3. The van der Waals surface area contributed by atoms with Crippen molar-refractivity contribution in [3.8, 4) is 0 Å². The van der Waals surface area contributed by atoms with Gasteiger partial charge in [-0.3, -0.25) is 0 Å². The fourth-order valence-corrected chi connectivity index (χ4v) is 0.955. The molecule has 0 saturated heterocycles. The van der Waals surface area contributed by atoms with Gasteiger partial charge in [-0.25, -0.2) is 0 Å². The Hall–Kier alpha value is 0.176. The summed E-state index contributed by atoms with van der Waals surface area (Å²) in [5.74, 6) is 0. The van der Waals surface area contributed by atoms with Crippen LogP contribution in [0.5, 0.6) is 0 Å². The van der Waals surface area contributed by atoms with Crippen molar-refractivity contribution in [3.63, 3.8) is 0 Å². The monoisotopic (exact) mass is 154 g/mol. The Morgan fingerprint density at radius 1 is 1.57 bits per heavy atom. The van der Waals surface area contributed by atoms with Gasteiger partial charge in [0.05, 0.1) is 0 Å². The summed E-state index contributed by atoms with van der Waals surface area (Å²) in [5, 5.41) is 0. The fraction of sp³-hybridized carbons (Fsp3) is 0.600. The Balaban J connectivity index is 2.92. The first kappa shape index (κ1) is 7.18. The molecule has 0 heterocycles. The van der Waals surface area contributed by atoms with Crippen molar-refractivity contribution < 1.29 is 3.54 Å². The third-order valence-electron chi connectivity index (χ3n) is 0.635. The van der Waals surface area contributed by atoms with Gasteiger partial charge in [0.1, 0.15) is 0 Å². The van der Waals surface area contributed by atoms with Crippen molar-refractivity contribution in [1.82, 2.24) is 0 Å². The van der Waals surface area contributed by atoms with Gasteiger partial charge < -0.3 is 0 Å². The second-order valence-electron chi connectivity index (χ2n) is 1.28. The van der Waals surface area contributed by atoms with Crippen LogP contribution in [0.2, 0.25) is 4.98 Å². The Labute approximate surface area is 51.9 Å². The molecule has 38 valence electrons. The van der Waals surface area contributed by atoms with Gasteiger partial charge in [0.25, 0.3) is 0 Å². The van der Waals surface area contributed by atoms with Crippen LogP contribution in [-0.2, 0) is 3.54 Å². The molecule has 0 aliphatic heterocycles. The van der Waals surface area contributed by atoms with E-state index in [4.69, 9.17) is 0 Å². The van der Waals surface area contributed by atoms with E-state index < -0.39 is 17.4 Å². The number of hydrogen-bond acceptors (Lipinski definition) is 1. The quantitative estimate of drug-likeness (QED) is 0.444. The van der Waals surface area contributed by atoms with Crippen molar-refractivity contribution in [3.05, 3.63) is 12.2 Å². The van der Waals surface area contributed by atoms with Gasteiger partial charge in [-0.2, -0.15) is 0 Å². The third kappa shape index (κ3) is 6.18. The van der Waals surface area contributed by atoms with E-state index in [2.05, 4.69) is 13.0 Å². The van der Waals surface area contributed by atoms with Gasteiger partial charge >= 0.3 is 51.4 Å². The van der Waals surface area contributed by atoms with Gasteiger partial charge in [-0.05, 0) is 0 Å². The van der Waals surface area contributed by atoms with Gasteiger partial charge in [-0.15, -0.1) is 0 Å². The zero-order chi connectivity index (χ0) is 5.54. The molecule has 0 spiro atoms. The Kier molecular flexibility index (Phi) is 6.33. The van der Waals surface area contributed by atoms with Gasteiger partial charge in [0.2, 0.25) is 0 Å². The van der Waals surface area contributed by atoms with Crippen LogP contribution in [0, 0.1) is 0 Å². The molecule has 2 heteroatoms. The standard InChI is InChI=1S/C5H9.Ga.O/c1-3-5-4-2;;/h3,5H,1,4H2,2H3;;. The fourth-order valence-electron chi connectivity index (χ4n) is 0.318. The second-order valence-corrected chi connectivity index (χ2v) is 2.97. The molecule has 0 aliphatic carbocycles. The third-order valence-corrected chi connectivity index (χ3v) is 1.61. The van der Waals surface area contributed by atoms with E-state index in [-0.39, 0.29) is 0 Å². The van der Waals surface area contributed by atoms with Gasteiger partial charge in [0.15, 0.2) is 0 Å². The summed E-state index contributed by atoms with van der Waals surface area (Å²) in [6.45, 7) is 2.07. The van der Waals surface area contributed by atoms with Crippen molar-refractivity contribution in [1.29, 1.82) is 0 Å². The molecular formula is C5H9GaO. The van der Waals surface area contributed by atoms with Crippen LogP contribution in [0.15, 0.2) is 12.2 Å². The molecule has 0 saturated carbocycles. The molecule has 0 aliphatic rings. The van der Waals surface area contributed by atoms with Crippen LogP contribution in [0.25, 0.3) is 0 Å². The summed E-state index contributed by atoms with van der Waals surface area (Å²) in [6, 6.07) is 0. The van der Waals surface area contributed by atoms with Crippen LogP contribution in [0.1, 0.15) is 13.3 Å². The maximum absolute atomic E-state index is 9.91. The first-order valence-corrected chi connectivity index (χ1v) is 5.20. The SMILES string of the molecule is CCC=C[CH2][Ga]=[O]. The average molecular weight is 155 g/mol. The van der Waals surface area contributed by atoms with Crippen molar-refractivity contribution in [2.45, 2.75) is 18.3 Å². The average Bonchev–Trinajstić information content (AvgIpc) is 1.69. The predicted octanol–water partition coefficient (Wildman–Crippen LogP) is 1.42. The molecule has 0 aromatic carbocycles. The molecule has 0 fully saturated rings.